The number of nitrogen functional groups attached to an aromatic ring is 1. The predicted molar refractivity (Wildman–Crippen MR) is 104 cm³/mol. The van der Waals surface area contributed by atoms with E-state index >= 15 is 0 Å². The first-order chi connectivity index (χ1) is 12.6. The summed E-state index contributed by atoms with van der Waals surface area (Å²) in [4.78, 5) is 24.5. The number of anilines is 2. The van der Waals surface area contributed by atoms with Crippen molar-refractivity contribution in [3.05, 3.63) is 46.6 Å². The number of nitrogens with two attached hydrogens (primary N) is 1. The maximum Gasteiger partial charge on any atom is 0.323 e. The molecule has 3 N–H and O–H groups in total. The van der Waals surface area contributed by atoms with E-state index in [1.165, 1.54) is 23.3 Å². The number of carboxylic acid groups (broad SMARTS) is 1. The van der Waals surface area contributed by atoms with Gasteiger partial charge in [-0.25, -0.2) is 9.97 Å². The Morgan fingerprint density at radius 2 is 1.96 bits per heavy atom. The van der Waals surface area contributed by atoms with E-state index in [2.05, 4.69) is 4.98 Å². The van der Waals surface area contributed by atoms with Gasteiger partial charge in [-0.3, -0.25) is 4.79 Å². The minimum Gasteiger partial charge on any atom is -0.480 e. The number of aliphatic carboxylic acids is 1. The van der Waals surface area contributed by atoms with Crippen LogP contribution in [0, 0.1) is 0 Å². The Morgan fingerprint density at radius 1 is 1.19 bits per heavy atom. The van der Waals surface area contributed by atoms with Crippen LogP contribution in [0.25, 0.3) is 10.2 Å². The van der Waals surface area contributed by atoms with Gasteiger partial charge < -0.3 is 15.7 Å². The van der Waals surface area contributed by atoms with Crippen LogP contribution in [0.1, 0.15) is 29.1 Å². The Bertz CT molecular complexity index is 955. The van der Waals surface area contributed by atoms with E-state index in [9.17, 15) is 9.90 Å². The quantitative estimate of drug-likeness (QED) is 0.718. The number of thiophene rings is 1. The lowest BCUT2D eigenvalue weighted by molar-refractivity contribution is -0.135. The van der Waals surface area contributed by atoms with Gasteiger partial charge in [0.15, 0.2) is 5.82 Å². The normalized spacial score (nSPS) is 13.5. The van der Waals surface area contributed by atoms with Crippen molar-refractivity contribution in [1.82, 2.24) is 9.97 Å². The first-order valence-electron chi connectivity index (χ1n) is 8.70. The van der Waals surface area contributed by atoms with Crippen LogP contribution < -0.4 is 10.6 Å². The lowest BCUT2D eigenvalue weighted by Gasteiger charge is -2.22. The molecule has 0 unspecified atom stereocenters. The van der Waals surface area contributed by atoms with Gasteiger partial charge in [0.05, 0.1) is 11.9 Å². The Balaban J connectivity index is 1.70. The number of carbonyl (C=O) groups is 1. The topological polar surface area (TPSA) is 92.3 Å². The number of para-hydroxylation sites is 1. The molecule has 6 nitrogen and oxygen atoms in total. The van der Waals surface area contributed by atoms with Crippen LogP contribution in [0.2, 0.25) is 0 Å². The molecular weight excluding hydrogens is 348 g/mol. The number of aromatic nitrogens is 2. The average Bonchev–Trinajstić information content (AvgIpc) is 3.00. The molecule has 0 aliphatic heterocycles. The van der Waals surface area contributed by atoms with E-state index in [4.69, 9.17) is 10.7 Å². The Kier molecular flexibility index (Phi) is 4.46. The van der Waals surface area contributed by atoms with Gasteiger partial charge in [0, 0.05) is 10.6 Å². The van der Waals surface area contributed by atoms with Gasteiger partial charge >= 0.3 is 5.97 Å². The van der Waals surface area contributed by atoms with Crippen LogP contribution in [-0.4, -0.2) is 27.6 Å². The second kappa shape index (κ2) is 6.92. The van der Waals surface area contributed by atoms with E-state index in [0.29, 0.717) is 18.2 Å². The molecule has 1 aliphatic rings. The molecule has 1 aliphatic carbocycles. The van der Waals surface area contributed by atoms with E-state index in [-0.39, 0.29) is 6.54 Å². The van der Waals surface area contributed by atoms with Gasteiger partial charge in [0.25, 0.3) is 0 Å². The Labute approximate surface area is 155 Å². The molecule has 2 aromatic heterocycles. The molecule has 0 spiro atoms. The number of fused-ring (bicyclic) bond motifs is 3. The van der Waals surface area contributed by atoms with Gasteiger partial charge in [0.2, 0.25) is 0 Å². The monoisotopic (exact) mass is 368 g/mol. The number of carboxylic acids is 1. The maximum atomic E-state index is 11.3. The molecule has 1 aromatic carbocycles. The van der Waals surface area contributed by atoms with Crippen molar-refractivity contribution in [2.45, 2.75) is 32.2 Å². The predicted octanol–water partition coefficient (Wildman–Crippen LogP) is 3.24. The van der Waals surface area contributed by atoms with Crippen LogP contribution >= 0.6 is 11.3 Å². The van der Waals surface area contributed by atoms with Gasteiger partial charge in [-0.05, 0) is 43.4 Å². The third-order valence-electron chi connectivity index (χ3n) is 4.67. The molecule has 26 heavy (non-hydrogen) atoms. The highest BCUT2D eigenvalue weighted by Crippen LogP contribution is 2.37. The number of nitrogens with zero attached hydrogens (tertiary/aromatic N) is 3. The minimum absolute atomic E-state index is 0.119. The van der Waals surface area contributed by atoms with Crippen molar-refractivity contribution in [3.8, 4) is 0 Å². The van der Waals surface area contributed by atoms with Gasteiger partial charge in [0.1, 0.15) is 17.2 Å². The van der Waals surface area contributed by atoms with E-state index in [0.717, 1.165) is 28.7 Å². The molecule has 0 fully saturated rings. The number of rotatable bonds is 5. The van der Waals surface area contributed by atoms with Crippen LogP contribution in [0.5, 0.6) is 0 Å². The summed E-state index contributed by atoms with van der Waals surface area (Å²) in [5, 5.41) is 10.3. The van der Waals surface area contributed by atoms with Crippen molar-refractivity contribution in [2.24, 2.45) is 0 Å². The van der Waals surface area contributed by atoms with Gasteiger partial charge in [-0.1, -0.05) is 18.2 Å². The number of hydrogen-bond donors (Lipinski definition) is 2. The molecule has 2 heterocycles. The fourth-order valence-corrected chi connectivity index (χ4v) is 4.80. The van der Waals surface area contributed by atoms with Crippen molar-refractivity contribution < 1.29 is 9.90 Å². The lowest BCUT2D eigenvalue weighted by Crippen LogP contribution is -2.30. The summed E-state index contributed by atoms with van der Waals surface area (Å²) in [6, 6.07) is 9.44. The van der Waals surface area contributed by atoms with Gasteiger partial charge in [-0.2, -0.15) is 0 Å². The van der Waals surface area contributed by atoms with E-state index < -0.39 is 5.97 Å². The second-order valence-electron chi connectivity index (χ2n) is 6.50. The summed E-state index contributed by atoms with van der Waals surface area (Å²) in [6.45, 7) is 0.186. The summed E-state index contributed by atoms with van der Waals surface area (Å²) in [6.07, 6.45) is 4.51. The first-order valence-corrected chi connectivity index (χ1v) is 9.52. The molecule has 0 bridgehead atoms. The summed E-state index contributed by atoms with van der Waals surface area (Å²) < 4.78 is 0. The highest BCUT2D eigenvalue weighted by atomic mass is 32.1. The molecule has 0 saturated heterocycles. The van der Waals surface area contributed by atoms with Crippen LogP contribution in [0.3, 0.4) is 0 Å². The smallest absolute Gasteiger partial charge is 0.323 e. The standard InChI is InChI=1S/C19H20N4O2S/c20-18-17-13-8-4-5-9-14(13)26-19(17)22-15(21-18)10-23(11-16(24)25)12-6-2-1-3-7-12/h1-3,6-7H,4-5,8-11H2,(H,24,25)(H2,20,21,22). The largest absolute Gasteiger partial charge is 0.480 e. The Morgan fingerprint density at radius 3 is 2.73 bits per heavy atom. The zero-order valence-electron chi connectivity index (χ0n) is 14.3. The number of benzene rings is 1. The highest BCUT2D eigenvalue weighted by Gasteiger charge is 2.21. The maximum absolute atomic E-state index is 11.3. The van der Waals surface area contributed by atoms with Gasteiger partial charge in [-0.15, -0.1) is 11.3 Å². The zero-order chi connectivity index (χ0) is 18.1. The second-order valence-corrected chi connectivity index (χ2v) is 7.59. The van der Waals surface area contributed by atoms with Crippen molar-refractivity contribution in [3.63, 3.8) is 0 Å². The minimum atomic E-state index is -0.894. The van der Waals surface area contributed by atoms with E-state index in [1.807, 2.05) is 30.3 Å². The summed E-state index contributed by atoms with van der Waals surface area (Å²) >= 11 is 1.70. The van der Waals surface area contributed by atoms with Crippen LogP contribution in [-0.2, 0) is 24.2 Å². The third kappa shape index (κ3) is 3.22. The molecule has 134 valence electrons. The fourth-order valence-electron chi connectivity index (χ4n) is 3.51. The first kappa shape index (κ1) is 16.8. The third-order valence-corrected chi connectivity index (χ3v) is 5.85. The van der Waals surface area contributed by atoms with Crippen LogP contribution in [0.15, 0.2) is 30.3 Å². The number of aryl methyl sites for hydroxylation is 2. The molecule has 0 amide bonds. The van der Waals surface area contributed by atoms with Crippen molar-refractivity contribution in [1.29, 1.82) is 0 Å². The molecule has 4 rings (SSSR count). The zero-order valence-corrected chi connectivity index (χ0v) is 15.1. The number of hydrogen-bond acceptors (Lipinski definition) is 6. The highest BCUT2D eigenvalue weighted by molar-refractivity contribution is 7.19. The molecule has 3 aromatic rings. The van der Waals surface area contributed by atoms with Crippen molar-refractivity contribution >= 4 is 39.0 Å². The Hall–Kier alpha value is -2.67. The molecular formula is C19H20N4O2S. The SMILES string of the molecule is Nc1nc(CN(CC(=O)O)c2ccccc2)nc2sc3c(c12)CCCC3. The molecule has 0 saturated carbocycles. The summed E-state index contributed by atoms with van der Waals surface area (Å²) in [7, 11) is 0. The van der Waals surface area contributed by atoms with E-state index in [1.54, 1.807) is 16.2 Å². The average molecular weight is 368 g/mol. The fraction of sp³-hybridized carbons (Fsp3) is 0.316. The molecule has 7 heteroatoms. The van der Waals surface area contributed by atoms with Crippen molar-refractivity contribution in [2.75, 3.05) is 17.2 Å². The molecule has 0 atom stereocenters. The lowest BCUT2D eigenvalue weighted by atomic mass is 9.97. The van der Waals surface area contributed by atoms with Crippen LogP contribution in [0.4, 0.5) is 11.5 Å². The summed E-state index contributed by atoms with van der Waals surface area (Å²) in [5.41, 5.74) is 8.39. The summed E-state index contributed by atoms with van der Waals surface area (Å²) in [5.74, 6) is 0.168. The molecule has 0 radical (unpaired) electrons.